The fraction of sp³-hybridized carbons (Fsp3) is 0.0500. The number of thiophene rings is 1. The van der Waals surface area contributed by atoms with Crippen molar-refractivity contribution in [2.24, 2.45) is 5.73 Å². The average molecular weight is 409 g/mol. The molecule has 140 valence electrons. The van der Waals surface area contributed by atoms with Gasteiger partial charge < -0.3 is 11.1 Å². The van der Waals surface area contributed by atoms with Crippen LogP contribution in [0, 0.1) is 0 Å². The number of thioether (sulfide) groups is 1. The van der Waals surface area contributed by atoms with Crippen molar-refractivity contribution in [2.45, 2.75) is 5.16 Å². The van der Waals surface area contributed by atoms with Crippen LogP contribution in [-0.2, 0) is 4.79 Å². The Balaban J connectivity index is 1.57. The van der Waals surface area contributed by atoms with E-state index < -0.39 is 5.91 Å². The van der Waals surface area contributed by atoms with Gasteiger partial charge >= 0.3 is 0 Å². The molecule has 2 aromatic heterocycles. The van der Waals surface area contributed by atoms with E-state index in [0.29, 0.717) is 10.6 Å². The molecule has 0 saturated carbocycles. The van der Waals surface area contributed by atoms with Gasteiger partial charge in [0, 0.05) is 5.69 Å². The largest absolute Gasteiger partial charge is 0.366 e. The van der Waals surface area contributed by atoms with Crippen LogP contribution in [0.15, 0.2) is 71.2 Å². The van der Waals surface area contributed by atoms with Gasteiger partial charge in [0.05, 0.1) is 22.3 Å². The molecule has 0 spiro atoms. The van der Waals surface area contributed by atoms with Gasteiger partial charge in [0.25, 0.3) is 5.91 Å². The first kappa shape index (κ1) is 18.3. The van der Waals surface area contributed by atoms with Crippen molar-refractivity contribution in [1.29, 1.82) is 0 Å². The van der Waals surface area contributed by atoms with Crippen LogP contribution >= 0.6 is 23.1 Å². The average Bonchev–Trinajstić information content (AvgIpc) is 3.31. The van der Waals surface area contributed by atoms with Gasteiger partial charge in [0.1, 0.15) is 5.00 Å². The number of hydrogen-bond donors (Lipinski definition) is 2. The molecule has 0 atom stereocenters. The van der Waals surface area contributed by atoms with Gasteiger partial charge in [-0.15, -0.1) is 11.3 Å². The monoisotopic (exact) mass is 408 g/mol. The van der Waals surface area contributed by atoms with Crippen molar-refractivity contribution >= 4 is 50.9 Å². The number of nitrogens with zero attached hydrogens (tertiary/aromatic N) is 2. The van der Waals surface area contributed by atoms with Crippen LogP contribution in [0.1, 0.15) is 10.4 Å². The summed E-state index contributed by atoms with van der Waals surface area (Å²) in [5, 5.41) is 5.67. The highest BCUT2D eigenvalue weighted by Crippen LogP contribution is 2.28. The van der Waals surface area contributed by atoms with E-state index in [0.717, 1.165) is 21.9 Å². The van der Waals surface area contributed by atoms with E-state index in [2.05, 4.69) is 10.3 Å². The summed E-state index contributed by atoms with van der Waals surface area (Å²) in [5.74, 6) is -0.622. The molecule has 4 aromatic rings. The molecule has 0 saturated heterocycles. The molecule has 2 aromatic carbocycles. The zero-order chi connectivity index (χ0) is 19.5. The number of primary amides is 1. The number of para-hydroxylation sites is 3. The van der Waals surface area contributed by atoms with Gasteiger partial charge in [-0.2, -0.15) is 0 Å². The Morgan fingerprint density at radius 1 is 1.07 bits per heavy atom. The number of benzene rings is 2. The predicted molar refractivity (Wildman–Crippen MR) is 113 cm³/mol. The van der Waals surface area contributed by atoms with E-state index in [9.17, 15) is 9.59 Å². The van der Waals surface area contributed by atoms with Gasteiger partial charge in [-0.05, 0) is 35.7 Å². The van der Waals surface area contributed by atoms with Crippen molar-refractivity contribution in [3.8, 4) is 5.69 Å². The number of hydrogen-bond acceptors (Lipinski definition) is 5. The van der Waals surface area contributed by atoms with Crippen LogP contribution in [0.2, 0.25) is 0 Å². The molecule has 2 amide bonds. The van der Waals surface area contributed by atoms with E-state index in [-0.39, 0.29) is 11.7 Å². The Morgan fingerprint density at radius 2 is 1.82 bits per heavy atom. The fourth-order valence-corrected chi connectivity index (χ4v) is 4.46. The second kappa shape index (κ2) is 7.87. The van der Waals surface area contributed by atoms with Crippen LogP contribution in [-0.4, -0.2) is 27.1 Å². The second-order valence-corrected chi connectivity index (χ2v) is 7.78. The summed E-state index contributed by atoms with van der Waals surface area (Å²) in [7, 11) is 0. The summed E-state index contributed by atoms with van der Waals surface area (Å²) >= 11 is 2.61. The van der Waals surface area contributed by atoms with Crippen molar-refractivity contribution in [3.63, 3.8) is 0 Å². The molecule has 0 bridgehead atoms. The maximum absolute atomic E-state index is 12.4. The molecule has 0 aliphatic heterocycles. The molecule has 0 aliphatic carbocycles. The lowest BCUT2D eigenvalue weighted by Gasteiger charge is -2.09. The van der Waals surface area contributed by atoms with Gasteiger partial charge in [-0.3, -0.25) is 14.2 Å². The number of aromatic nitrogens is 2. The first-order valence-corrected chi connectivity index (χ1v) is 10.3. The van der Waals surface area contributed by atoms with E-state index >= 15 is 0 Å². The number of rotatable bonds is 6. The lowest BCUT2D eigenvalue weighted by Crippen LogP contribution is -2.18. The maximum atomic E-state index is 12.4. The molecule has 0 fully saturated rings. The zero-order valence-corrected chi connectivity index (χ0v) is 16.3. The van der Waals surface area contributed by atoms with Gasteiger partial charge in [0.2, 0.25) is 5.91 Å². The van der Waals surface area contributed by atoms with Crippen molar-refractivity contribution in [1.82, 2.24) is 9.55 Å². The minimum atomic E-state index is -0.560. The quantitative estimate of drug-likeness (QED) is 0.473. The molecule has 0 radical (unpaired) electrons. The lowest BCUT2D eigenvalue weighted by atomic mass is 10.3. The molecule has 0 unspecified atom stereocenters. The van der Waals surface area contributed by atoms with Crippen LogP contribution in [0.4, 0.5) is 5.00 Å². The Kier molecular flexibility index (Phi) is 5.14. The van der Waals surface area contributed by atoms with Crippen LogP contribution in [0.3, 0.4) is 0 Å². The topological polar surface area (TPSA) is 90.0 Å². The molecule has 3 N–H and O–H groups in total. The van der Waals surface area contributed by atoms with Crippen molar-refractivity contribution < 1.29 is 9.59 Å². The fourth-order valence-electron chi connectivity index (χ4n) is 2.82. The summed E-state index contributed by atoms with van der Waals surface area (Å²) in [4.78, 5) is 28.5. The Morgan fingerprint density at radius 3 is 2.61 bits per heavy atom. The van der Waals surface area contributed by atoms with Crippen LogP contribution in [0.25, 0.3) is 16.7 Å². The van der Waals surface area contributed by atoms with E-state index in [1.165, 1.54) is 23.1 Å². The number of fused-ring (bicyclic) bond motifs is 1. The molecule has 0 aliphatic rings. The Hall–Kier alpha value is -3.10. The Bertz CT molecular complexity index is 1150. The number of nitrogens with one attached hydrogen (secondary N) is 1. The molecule has 8 heteroatoms. The first-order chi connectivity index (χ1) is 13.6. The number of carbonyl (C=O) groups is 2. The highest BCUT2D eigenvalue weighted by molar-refractivity contribution is 7.99. The third-order valence-corrected chi connectivity index (χ3v) is 5.83. The predicted octanol–water partition coefficient (Wildman–Crippen LogP) is 3.92. The summed E-state index contributed by atoms with van der Waals surface area (Å²) in [6, 6.07) is 19.4. The molecular formula is C20H16N4O2S2. The SMILES string of the molecule is NC(=O)c1ccsc1NC(=O)CSc1nc2ccccc2n1-c1ccccc1. The minimum Gasteiger partial charge on any atom is -0.366 e. The van der Waals surface area contributed by atoms with Crippen molar-refractivity contribution in [2.75, 3.05) is 11.1 Å². The molecular weight excluding hydrogens is 392 g/mol. The third-order valence-electron chi connectivity index (χ3n) is 4.06. The van der Waals surface area contributed by atoms with E-state index in [4.69, 9.17) is 5.73 Å². The summed E-state index contributed by atoms with van der Waals surface area (Å²) in [6.07, 6.45) is 0. The first-order valence-electron chi connectivity index (χ1n) is 8.46. The molecule has 4 rings (SSSR count). The Labute approximate surface area is 169 Å². The van der Waals surface area contributed by atoms with Crippen LogP contribution < -0.4 is 11.1 Å². The number of carbonyl (C=O) groups excluding carboxylic acids is 2. The molecule has 6 nitrogen and oxygen atoms in total. The smallest absolute Gasteiger partial charge is 0.251 e. The zero-order valence-electron chi connectivity index (χ0n) is 14.7. The number of imidazole rings is 1. The van der Waals surface area contributed by atoms with Gasteiger partial charge in [-0.1, -0.05) is 42.1 Å². The maximum Gasteiger partial charge on any atom is 0.251 e. The highest BCUT2D eigenvalue weighted by atomic mass is 32.2. The van der Waals surface area contributed by atoms with Crippen LogP contribution in [0.5, 0.6) is 0 Å². The lowest BCUT2D eigenvalue weighted by molar-refractivity contribution is -0.113. The number of nitrogens with two attached hydrogens (primary N) is 1. The van der Waals surface area contributed by atoms with Gasteiger partial charge in [0.15, 0.2) is 5.16 Å². The normalized spacial score (nSPS) is 10.9. The second-order valence-electron chi connectivity index (χ2n) is 5.92. The molecule has 28 heavy (non-hydrogen) atoms. The molecule has 2 heterocycles. The van der Waals surface area contributed by atoms with Gasteiger partial charge in [-0.25, -0.2) is 4.98 Å². The minimum absolute atomic E-state index is 0.159. The number of amides is 2. The highest BCUT2D eigenvalue weighted by Gasteiger charge is 2.16. The third kappa shape index (κ3) is 3.64. The number of anilines is 1. The summed E-state index contributed by atoms with van der Waals surface area (Å²) in [5.41, 5.74) is 8.47. The van der Waals surface area contributed by atoms with E-state index in [1.807, 2.05) is 59.2 Å². The standard InChI is InChI=1S/C20H16N4O2S2/c21-18(26)14-10-11-27-19(14)23-17(25)12-28-20-22-15-8-4-5-9-16(15)24(20)13-6-2-1-3-7-13/h1-11H,12H2,(H2,21,26)(H,23,25). The summed E-state index contributed by atoms with van der Waals surface area (Å²) < 4.78 is 2.03. The van der Waals surface area contributed by atoms with E-state index in [1.54, 1.807) is 11.4 Å². The summed E-state index contributed by atoms with van der Waals surface area (Å²) in [6.45, 7) is 0. The van der Waals surface area contributed by atoms with Crippen molar-refractivity contribution in [3.05, 3.63) is 71.6 Å².